The van der Waals surface area contributed by atoms with Gasteiger partial charge in [-0.15, -0.1) is 11.3 Å². The molecule has 2 aromatic heterocycles. The Balaban J connectivity index is 1.76. The van der Waals surface area contributed by atoms with E-state index in [1.54, 1.807) is 19.1 Å². The highest BCUT2D eigenvalue weighted by atomic mass is 32.1. The van der Waals surface area contributed by atoms with Crippen molar-refractivity contribution < 1.29 is 14.3 Å². The monoisotopic (exact) mass is 421 g/mol. The summed E-state index contributed by atoms with van der Waals surface area (Å²) in [5.41, 5.74) is 11.6. The number of carbonyl (C=O) groups excluding carboxylic acids is 2. The van der Waals surface area contributed by atoms with Crippen molar-refractivity contribution in [2.24, 2.45) is 0 Å². The lowest BCUT2D eigenvalue weighted by Gasteiger charge is -2.12. The van der Waals surface area contributed by atoms with Crippen LogP contribution in [0, 0.1) is 6.92 Å². The van der Waals surface area contributed by atoms with Crippen LogP contribution >= 0.6 is 11.3 Å². The van der Waals surface area contributed by atoms with Crippen LogP contribution in [0.4, 0.5) is 16.3 Å². The van der Waals surface area contributed by atoms with Gasteiger partial charge in [0.1, 0.15) is 10.8 Å². The van der Waals surface area contributed by atoms with Gasteiger partial charge in [0.2, 0.25) is 0 Å². The Morgan fingerprint density at radius 1 is 1.10 bits per heavy atom. The zero-order valence-corrected chi connectivity index (χ0v) is 17.1. The van der Waals surface area contributed by atoms with E-state index >= 15 is 0 Å². The molecule has 0 atom stereocenters. The Kier molecular flexibility index (Phi) is 5.11. The number of nitrogens with one attached hydrogen (secondary N) is 2. The third kappa shape index (κ3) is 3.46. The molecule has 0 saturated carbocycles. The first-order chi connectivity index (χ1) is 14.5. The number of hydrogen-bond acceptors (Lipinski definition) is 6. The van der Waals surface area contributed by atoms with E-state index in [2.05, 4.69) is 15.7 Å². The Bertz CT molecular complexity index is 1210. The number of anilines is 2. The van der Waals surface area contributed by atoms with Crippen LogP contribution in [0.1, 0.15) is 16.1 Å². The Hall–Kier alpha value is -3.85. The number of methoxy groups -OCH3 is 1. The Morgan fingerprint density at radius 2 is 1.80 bits per heavy atom. The standard InChI is InChI=1S/C21H19N5O3S/c1-12-16(20(27)29-2)17(19-24-14-10-6-7-11-15(14)30-19)18(22)26(12)25-21(28)23-13-8-4-3-5-9-13/h3-11H,22H2,1-2H3,(H2,23,25,28). The maximum Gasteiger partial charge on any atom is 0.340 e. The predicted molar refractivity (Wildman–Crippen MR) is 118 cm³/mol. The smallest absolute Gasteiger partial charge is 0.340 e. The van der Waals surface area contributed by atoms with E-state index in [9.17, 15) is 9.59 Å². The molecule has 9 heteroatoms. The van der Waals surface area contributed by atoms with Gasteiger partial charge in [0, 0.05) is 5.69 Å². The van der Waals surface area contributed by atoms with Crippen molar-refractivity contribution in [3.05, 3.63) is 65.9 Å². The lowest BCUT2D eigenvalue weighted by Crippen LogP contribution is -2.29. The highest BCUT2D eigenvalue weighted by Crippen LogP contribution is 2.38. The van der Waals surface area contributed by atoms with Gasteiger partial charge in [-0.3, -0.25) is 0 Å². The van der Waals surface area contributed by atoms with Crippen LogP contribution in [0.15, 0.2) is 54.6 Å². The van der Waals surface area contributed by atoms with Crippen molar-refractivity contribution in [1.29, 1.82) is 0 Å². The molecule has 2 amide bonds. The number of aromatic nitrogens is 2. The van der Waals surface area contributed by atoms with Crippen LogP contribution in [0.5, 0.6) is 0 Å². The van der Waals surface area contributed by atoms with Crippen LogP contribution < -0.4 is 16.5 Å². The summed E-state index contributed by atoms with van der Waals surface area (Å²) in [7, 11) is 1.30. The normalized spacial score (nSPS) is 10.7. The second kappa shape index (κ2) is 7.88. The molecule has 0 bridgehead atoms. The molecule has 152 valence electrons. The molecule has 4 aromatic rings. The molecule has 0 aliphatic heterocycles. The highest BCUT2D eigenvalue weighted by Gasteiger charge is 2.28. The number of nitrogens with two attached hydrogens (primary N) is 1. The van der Waals surface area contributed by atoms with E-state index in [-0.39, 0.29) is 11.4 Å². The second-order valence-corrected chi connectivity index (χ2v) is 7.50. The number of para-hydroxylation sites is 2. The van der Waals surface area contributed by atoms with Crippen LogP contribution in [0.2, 0.25) is 0 Å². The number of amides is 2. The number of esters is 1. The maximum absolute atomic E-state index is 12.5. The summed E-state index contributed by atoms with van der Waals surface area (Å²) in [6, 6.07) is 16.1. The number of fused-ring (bicyclic) bond motifs is 1. The number of hydrogen-bond donors (Lipinski definition) is 3. The van der Waals surface area contributed by atoms with E-state index in [0.717, 1.165) is 10.2 Å². The second-order valence-electron chi connectivity index (χ2n) is 6.47. The summed E-state index contributed by atoms with van der Waals surface area (Å²) in [5.74, 6) is -0.368. The minimum atomic E-state index is -0.558. The summed E-state index contributed by atoms with van der Waals surface area (Å²) in [6.07, 6.45) is 0. The molecule has 4 N–H and O–H groups in total. The number of thiazole rings is 1. The Labute approximate surface area is 176 Å². The largest absolute Gasteiger partial charge is 0.465 e. The molecule has 0 spiro atoms. The van der Waals surface area contributed by atoms with E-state index in [4.69, 9.17) is 10.5 Å². The van der Waals surface area contributed by atoms with Crippen LogP contribution in [-0.2, 0) is 4.74 Å². The molecule has 0 aliphatic carbocycles. The van der Waals surface area contributed by atoms with Crippen LogP contribution in [-0.4, -0.2) is 28.8 Å². The third-order valence-corrected chi connectivity index (χ3v) is 5.64. The molecule has 0 saturated heterocycles. The van der Waals surface area contributed by atoms with Gasteiger partial charge in [-0.1, -0.05) is 30.3 Å². The van der Waals surface area contributed by atoms with Crippen LogP contribution in [0.3, 0.4) is 0 Å². The summed E-state index contributed by atoms with van der Waals surface area (Å²) >= 11 is 1.41. The van der Waals surface area contributed by atoms with Gasteiger partial charge in [-0.2, -0.15) is 0 Å². The van der Waals surface area contributed by atoms with Crippen molar-refractivity contribution in [3.63, 3.8) is 0 Å². The molecule has 4 rings (SSSR count). The minimum absolute atomic E-state index is 0.190. The molecule has 0 aliphatic rings. The number of nitrogen functional groups attached to an aromatic ring is 1. The van der Waals surface area contributed by atoms with E-state index in [1.165, 1.54) is 23.1 Å². The molecule has 30 heavy (non-hydrogen) atoms. The summed E-state index contributed by atoms with van der Waals surface area (Å²) in [6.45, 7) is 1.68. The molecule has 2 aromatic carbocycles. The number of urea groups is 1. The number of nitrogens with zero attached hydrogens (tertiary/aromatic N) is 2. The molecule has 8 nitrogen and oxygen atoms in total. The molecular formula is C21H19N5O3S. The lowest BCUT2D eigenvalue weighted by atomic mass is 10.1. The topological polar surface area (TPSA) is 111 Å². The fourth-order valence-electron chi connectivity index (χ4n) is 3.19. The van der Waals surface area contributed by atoms with E-state index < -0.39 is 12.0 Å². The zero-order valence-electron chi connectivity index (χ0n) is 16.3. The summed E-state index contributed by atoms with van der Waals surface area (Å²) in [4.78, 5) is 29.7. The number of ether oxygens (including phenoxy) is 1. The molecular weight excluding hydrogens is 402 g/mol. The van der Waals surface area contributed by atoms with Crippen molar-refractivity contribution >= 4 is 45.1 Å². The highest BCUT2D eigenvalue weighted by molar-refractivity contribution is 7.21. The van der Waals surface area contributed by atoms with Crippen molar-refractivity contribution in [3.8, 4) is 10.6 Å². The van der Waals surface area contributed by atoms with Crippen LogP contribution in [0.25, 0.3) is 20.8 Å². The van der Waals surface area contributed by atoms with E-state index in [0.29, 0.717) is 22.0 Å². The lowest BCUT2D eigenvalue weighted by molar-refractivity contribution is 0.0600. The molecule has 2 heterocycles. The number of rotatable bonds is 4. The fraction of sp³-hybridized carbons (Fsp3) is 0.0952. The van der Waals surface area contributed by atoms with Crippen molar-refractivity contribution in [2.45, 2.75) is 6.92 Å². The fourth-order valence-corrected chi connectivity index (χ4v) is 4.21. The van der Waals surface area contributed by atoms with Crippen molar-refractivity contribution in [1.82, 2.24) is 9.66 Å². The average Bonchev–Trinajstić information content (AvgIpc) is 3.28. The quantitative estimate of drug-likeness (QED) is 0.427. The zero-order chi connectivity index (χ0) is 21.3. The van der Waals surface area contributed by atoms with E-state index in [1.807, 2.05) is 42.5 Å². The Morgan fingerprint density at radius 3 is 2.50 bits per heavy atom. The van der Waals surface area contributed by atoms with Gasteiger partial charge in [0.25, 0.3) is 0 Å². The van der Waals surface area contributed by atoms with Gasteiger partial charge in [-0.25, -0.2) is 24.7 Å². The average molecular weight is 421 g/mol. The number of carbonyl (C=O) groups is 2. The minimum Gasteiger partial charge on any atom is -0.465 e. The molecule has 0 radical (unpaired) electrons. The first-order valence-corrected chi connectivity index (χ1v) is 9.89. The summed E-state index contributed by atoms with van der Waals surface area (Å²) < 4.78 is 7.29. The van der Waals surface area contributed by atoms with Gasteiger partial charge < -0.3 is 15.8 Å². The molecule has 0 unspecified atom stereocenters. The molecule has 0 fully saturated rings. The maximum atomic E-state index is 12.5. The predicted octanol–water partition coefficient (Wildman–Crippen LogP) is 4.22. The van der Waals surface area contributed by atoms with Gasteiger partial charge in [-0.05, 0) is 31.2 Å². The SMILES string of the molecule is COC(=O)c1c(-c2nc3ccccc3s2)c(N)n(NC(=O)Nc2ccccc2)c1C. The van der Waals surface area contributed by atoms with Gasteiger partial charge in [0.15, 0.2) is 0 Å². The first-order valence-electron chi connectivity index (χ1n) is 9.07. The van der Waals surface area contributed by atoms with Gasteiger partial charge in [0.05, 0.1) is 34.1 Å². The first kappa shape index (κ1) is 19.5. The van der Waals surface area contributed by atoms with Crippen molar-refractivity contribution in [2.75, 3.05) is 23.6 Å². The van der Waals surface area contributed by atoms with Gasteiger partial charge >= 0.3 is 12.0 Å². The third-order valence-electron chi connectivity index (χ3n) is 4.59. The number of benzene rings is 2. The summed E-state index contributed by atoms with van der Waals surface area (Å²) in [5, 5.41) is 3.29.